The highest BCUT2D eigenvalue weighted by Gasteiger charge is 2.31. The Hall–Kier alpha value is -3.50. The number of carbonyl (C=O) groups is 1. The van der Waals surface area contributed by atoms with Gasteiger partial charge < -0.3 is 9.72 Å². The highest BCUT2D eigenvalue weighted by molar-refractivity contribution is 7.89. The van der Waals surface area contributed by atoms with E-state index in [4.69, 9.17) is 0 Å². The molecule has 5 rings (SSSR count). The highest BCUT2D eigenvalue weighted by atomic mass is 32.2. The molecule has 1 unspecified atom stereocenters. The Bertz CT molecular complexity index is 1410. The van der Waals surface area contributed by atoms with E-state index < -0.39 is 15.9 Å². The Morgan fingerprint density at radius 3 is 2.85 bits per heavy atom. The minimum absolute atomic E-state index is 0.0463. The maximum atomic E-state index is 13.1. The number of nitrogens with one attached hydrogen (secondary N) is 1. The van der Waals surface area contributed by atoms with Crippen molar-refractivity contribution in [3.05, 3.63) is 78.5 Å². The smallest absolute Gasteiger partial charge is 0.255 e. The normalized spacial score (nSPS) is 17.1. The van der Waals surface area contributed by atoms with Gasteiger partial charge in [-0.1, -0.05) is 18.6 Å². The summed E-state index contributed by atoms with van der Waals surface area (Å²) in [5, 5.41) is 7.11. The van der Waals surface area contributed by atoms with Crippen LogP contribution in [0.5, 0.6) is 0 Å². The molecular weight excluding hydrogens is 452 g/mol. The third-order valence-electron chi connectivity index (χ3n) is 6.07. The Morgan fingerprint density at radius 2 is 2.03 bits per heavy atom. The van der Waals surface area contributed by atoms with E-state index in [9.17, 15) is 13.2 Å². The van der Waals surface area contributed by atoms with Gasteiger partial charge in [0, 0.05) is 36.7 Å². The fourth-order valence-electron chi connectivity index (χ4n) is 4.31. The summed E-state index contributed by atoms with van der Waals surface area (Å²) in [6.45, 7) is 2.89. The van der Waals surface area contributed by atoms with Gasteiger partial charge in [-0.3, -0.25) is 9.48 Å². The fraction of sp³-hybridized carbons (Fsp3) is 0.292. The molecule has 0 spiro atoms. The average molecular weight is 479 g/mol. The predicted octanol–water partition coefficient (Wildman–Crippen LogP) is 3.39. The van der Waals surface area contributed by atoms with Crippen LogP contribution in [0.15, 0.2) is 72.1 Å². The van der Waals surface area contributed by atoms with Crippen molar-refractivity contribution in [2.24, 2.45) is 0 Å². The Labute approximate surface area is 198 Å². The second kappa shape index (κ2) is 9.03. The number of amides is 1. The van der Waals surface area contributed by atoms with E-state index in [1.165, 1.54) is 10.4 Å². The third kappa shape index (κ3) is 4.46. The van der Waals surface area contributed by atoms with Crippen molar-refractivity contribution < 1.29 is 13.2 Å². The third-order valence-corrected chi connectivity index (χ3v) is 8.08. The number of carbonyl (C=O) groups excluding carboxylic acids is 1. The number of fused-ring (bicyclic) bond motifs is 1. The first-order valence-corrected chi connectivity index (χ1v) is 12.7. The molecule has 4 heterocycles. The number of rotatable bonds is 6. The summed E-state index contributed by atoms with van der Waals surface area (Å²) in [5.74, 6) is -0.393. The molecule has 1 aliphatic rings. The molecule has 0 bridgehead atoms. The number of sulfonamides is 1. The summed E-state index contributed by atoms with van der Waals surface area (Å²) in [5.41, 5.74) is 2.49. The van der Waals surface area contributed by atoms with Crippen molar-refractivity contribution in [1.82, 2.24) is 23.5 Å². The molecular formula is C24H26N6O3S. The van der Waals surface area contributed by atoms with Crippen molar-refractivity contribution in [3.63, 3.8) is 0 Å². The molecule has 0 saturated carbocycles. The molecule has 3 aromatic heterocycles. The summed E-state index contributed by atoms with van der Waals surface area (Å²) in [6.07, 6.45) is 9.87. The maximum Gasteiger partial charge on any atom is 0.255 e. The number of anilines is 1. The van der Waals surface area contributed by atoms with Gasteiger partial charge in [-0.2, -0.15) is 9.40 Å². The van der Waals surface area contributed by atoms with Crippen LogP contribution in [0.4, 0.5) is 5.69 Å². The van der Waals surface area contributed by atoms with Crippen LogP contribution < -0.4 is 5.32 Å². The van der Waals surface area contributed by atoms with E-state index in [1.54, 1.807) is 35.3 Å². The van der Waals surface area contributed by atoms with E-state index in [0.717, 1.165) is 30.6 Å². The standard InChI is InChI=1S/C24H26N6O3S/c1-18-7-2-5-12-30(18)34(32,33)22-9-6-8-19(13-22)24(31)27-20-14-25-29(16-20)17-21-15-28-11-4-3-10-23(28)26-21/h3-4,6,8-11,13-16,18H,2,5,7,12,17H2,1H3,(H,27,31). The van der Waals surface area contributed by atoms with E-state index in [-0.39, 0.29) is 16.5 Å². The van der Waals surface area contributed by atoms with Crippen molar-refractivity contribution >= 4 is 27.3 Å². The molecule has 1 amide bonds. The summed E-state index contributed by atoms with van der Waals surface area (Å²) in [4.78, 5) is 17.5. The van der Waals surface area contributed by atoms with Gasteiger partial charge in [0.1, 0.15) is 5.65 Å². The monoisotopic (exact) mass is 478 g/mol. The lowest BCUT2D eigenvalue weighted by molar-refractivity contribution is 0.102. The first-order chi connectivity index (χ1) is 16.4. The second-order valence-corrected chi connectivity index (χ2v) is 10.5. The molecule has 0 radical (unpaired) electrons. The van der Waals surface area contributed by atoms with Gasteiger partial charge in [0.15, 0.2) is 0 Å². The highest BCUT2D eigenvalue weighted by Crippen LogP contribution is 2.25. The van der Waals surface area contributed by atoms with Crippen LogP contribution >= 0.6 is 0 Å². The number of aromatic nitrogens is 4. The van der Waals surface area contributed by atoms with Crippen molar-refractivity contribution in [2.75, 3.05) is 11.9 Å². The zero-order valence-electron chi connectivity index (χ0n) is 18.8. The molecule has 0 aliphatic carbocycles. The van der Waals surface area contributed by atoms with E-state index in [1.807, 2.05) is 41.9 Å². The number of hydrogen-bond acceptors (Lipinski definition) is 5. The van der Waals surface area contributed by atoms with Gasteiger partial charge >= 0.3 is 0 Å². The topological polar surface area (TPSA) is 102 Å². The summed E-state index contributed by atoms with van der Waals surface area (Å²) >= 11 is 0. The van der Waals surface area contributed by atoms with Gasteiger partial charge in [-0.25, -0.2) is 13.4 Å². The van der Waals surface area contributed by atoms with Crippen LogP contribution in [0.2, 0.25) is 0 Å². The van der Waals surface area contributed by atoms with Crippen LogP contribution in [-0.2, 0) is 16.6 Å². The molecule has 1 aromatic carbocycles. The first kappa shape index (κ1) is 22.3. The number of piperidine rings is 1. The Kier molecular flexibility index (Phi) is 5.93. The average Bonchev–Trinajstić information content (AvgIpc) is 3.45. The number of imidazole rings is 1. The largest absolute Gasteiger partial charge is 0.319 e. The van der Waals surface area contributed by atoms with Crippen molar-refractivity contribution in [1.29, 1.82) is 0 Å². The summed E-state index contributed by atoms with van der Waals surface area (Å²) in [7, 11) is -3.65. The van der Waals surface area contributed by atoms with Crippen molar-refractivity contribution in [3.8, 4) is 0 Å². The second-order valence-electron chi connectivity index (χ2n) is 8.57. The molecule has 4 aromatic rings. The first-order valence-electron chi connectivity index (χ1n) is 11.3. The van der Waals surface area contributed by atoms with Crippen LogP contribution in [0, 0.1) is 0 Å². The minimum Gasteiger partial charge on any atom is -0.319 e. The lowest BCUT2D eigenvalue weighted by Crippen LogP contribution is -2.41. The molecule has 1 fully saturated rings. The molecule has 1 atom stereocenters. The predicted molar refractivity (Wildman–Crippen MR) is 128 cm³/mol. The number of benzene rings is 1. The van der Waals surface area contributed by atoms with Crippen molar-refractivity contribution in [2.45, 2.75) is 43.7 Å². The summed E-state index contributed by atoms with van der Waals surface area (Å²) in [6, 6.07) is 11.9. The minimum atomic E-state index is -3.65. The van der Waals surface area contributed by atoms with Gasteiger partial charge in [0.25, 0.3) is 5.91 Å². The van der Waals surface area contributed by atoms with Crippen LogP contribution in [-0.4, -0.2) is 50.4 Å². The molecule has 176 valence electrons. The number of nitrogens with zero attached hydrogens (tertiary/aromatic N) is 5. The SMILES string of the molecule is CC1CCCCN1S(=O)(=O)c1cccc(C(=O)Nc2cnn(Cc3cn4ccccc4n3)c2)c1. The number of hydrogen-bond donors (Lipinski definition) is 1. The Morgan fingerprint density at radius 1 is 1.15 bits per heavy atom. The van der Waals surface area contributed by atoms with Crippen LogP contribution in [0.3, 0.4) is 0 Å². The van der Waals surface area contributed by atoms with Gasteiger partial charge in [0.2, 0.25) is 10.0 Å². The molecule has 9 nitrogen and oxygen atoms in total. The zero-order chi connectivity index (χ0) is 23.7. The van der Waals surface area contributed by atoms with E-state index >= 15 is 0 Å². The Balaban J connectivity index is 1.29. The lowest BCUT2D eigenvalue weighted by atomic mass is 10.1. The van der Waals surface area contributed by atoms with Gasteiger partial charge in [0.05, 0.1) is 29.0 Å². The molecule has 10 heteroatoms. The van der Waals surface area contributed by atoms with Crippen LogP contribution in [0.1, 0.15) is 42.2 Å². The van der Waals surface area contributed by atoms with Gasteiger partial charge in [-0.05, 0) is 50.1 Å². The number of pyridine rings is 1. The lowest BCUT2D eigenvalue weighted by Gasteiger charge is -2.32. The molecule has 34 heavy (non-hydrogen) atoms. The van der Waals surface area contributed by atoms with E-state index in [2.05, 4.69) is 15.4 Å². The quantitative estimate of drug-likeness (QED) is 0.458. The molecule has 1 N–H and O–H groups in total. The van der Waals surface area contributed by atoms with E-state index in [0.29, 0.717) is 18.8 Å². The maximum absolute atomic E-state index is 13.1. The molecule has 1 saturated heterocycles. The zero-order valence-corrected chi connectivity index (χ0v) is 19.6. The van der Waals surface area contributed by atoms with Gasteiger partial charge in [-0.15, -0.1) is 0 Å². The summed E-state index contributed by atoms with van der Waals surface area (Å²) < 4.78 is 31.5. The van der Waals surface area contributed by atoms with Crippen LogP contribution in [0.25, 0.3) is 5.65 Å². The molecule has 1 aliphatic heterocycles. The fourth-order valence-corrected chi connectivity index (χ4v) is 6.06.